The number of hydrogen-bond acceptors (Lipinski definition) is 6. The summed E-state index contributed by atoms with van der Waals surface area (Å²) in [5.74, 6) is 0.575. The molecule has 94 valence electrons. The molecule has 2 aromatic rings. The van der Waals surface area contributed by atoms with E-state index in [1.54, 1.807) is 30.3 Å². The van der Waals surface area contributed by atoms with E-state index in [0.29, 0.717) is 17.2 Å². The number of azo groups is 1. The summed E-state index contributed by atoms with van der Waals surface area (Å²) in [6.45, 7) is 0. The number of nitrogens with two attached hydrogens (primary N) is 2. The number of pyridine rings is 1. The number of nitrogen functional groups attached to an aromatic ring is 2. The second-order valence-electron chi connectivity index (χ2n) is 3.33. The second kappa shape index (κ2) is 5.83. The Labute approximate surface area is 110 Å². The number of aromatic hydroxyl groups is 1. The highest BCUT2D eigenvalue weighted by atomic mass is 35.5. The van der Waals surface area contributed by atoms with Gasteiger partial charge in [-0.3, -0.25) is 0 Å². The number of nitrogens with zero attached hydrogens (tertiary/aromatic N) is 3. The molecule has 0 amide bonds. The maximum absolute atomic E-state index is 9.48. The molecule has 5 N–H and O–H groups in total. The third-order valence-corrected chi connectivity index (χ3v) is 2.07. The molecule has 18 heavy (non-hydrogen) atoms. The minimum atomic E-state index is 0. The minimum absolute atomic E-state index is 0. The maximum atomic E-state index is 9.48. The fraction of sp³-hybridized carbons (Fsp3) is 0. The summed E-state index contributed by atoms with van der Waals surface area (Å²) < 4.78 is 0. The van der Waals surface area contributed by atoms with Crippen LogP contribution >= 0.6 is 12.4 Å². The SMILES string of the molecule is Cl.Nc1ccc(/N=N/c2ccccc2O)c(N)n1. The lowest BCUT2D eigenvalue weighted by atomic mass is 10.3. The first kappa shape index (κ1) is 13.7. The van der Waals surface area contributed by atoms with Gasteiger partial charge in [0.15, 0.2) is 5.82 Å². The number of para-hydroxylation sites is 1. The normalized spacial score (nSPS) is 10.2. The van der Waals surface area contributed by atoms with Gasteiger partial charge in [0.1, 0.15) is 22.9 Å². The number of hydrogen-bond donors (Lipinski definition) is 3. The van der Waals surface area contributed by atoms with Crippen molar-refractivity contribution >= 4 is 35.4 Å². The molecule has 1 heterocycles. The predicted octanol–water partition coefficient (Wildman–Crippen LogP) is 2.79. The van der Waals surface area contributed by atoms with Gasteiger partial charge in [-0.2, -0.15) is 0 Å². The standard InChI is InChI=1S/C11H11N5O.ClH/c12-10-6-5-8(11(13)14-10)16-15-7-3-1-2-4-9(7)17;/h1-6,17H,(H4,12,13,14);1H/b16-15+;. The lowest BCUT2D eigenvalue weighted by molar-refractivity contribution is 0.476. The molecule has 6 nitrogen and oxygen atoms in total. The van der Waals surface area contributed by atoms with Crippen LogP contribution in [0, 0.1) is 0 Å². The number of phenolic OH excluding ortho intramolecular Hbond substituents is 1. The molecule has 0 saturated carbocycles. The maximum Gasteiger partial charge on any atom is 0.153 e. The summed E-state index contributed by atoms with van der Waals surface area (Å²) in [5, 5.41) is 17.3. The average Bonchev–Trinajstić information content (AvgIpc) is 2.30. The molecule has 0 unspecified atom stereocenters. The first-order valence-corrected chi connectivity index (χ1v) is 4.88. The van der Waals surface area contributed by atoms with Crippen LogP contribution < -0.4 is 11.5 Å². The molecular formula is C11H12ClN5O. The van der Waals surface area contributed by atoms with E-state index in [-0.39, 0.29) is 24.0 Å². The van der Waals surface area contributed by atoms with Crippen molar-refractivity contribution in [2.45, 2.75) is 0 Å². The third-order valence-electron chi connectivity index (χ3n) is 2.07. The van der Waals surface area contributed by atoms with Gasteiger partial charge >= 0.3 is 0 Å². The summed E-state index contributed by atoms with van der Waals surface area (Å²) in [5.41, 5.74) is 11.8. The number of anilines is 2. The zero-order chi connectivity index (χ0) is 12.3. The molecule has 1 aromatic heterocycles. The Morgan fingerprint density at radius 3 is 2.28 bits per heavy atom. The molecule has 0 atom stereocenters. The van der Waals surface area contributed by atoms with Gasteiger partial charge in [0.25, 0.3) is 0 Å². The summed E-state index contributed by atoms with van der Waals surface area (Å²) in [7, 11) is 0. The zero-order valence-electron chi connectivity index (χ0n) is 9.32. The van der Waals surface area contributed by atoms with Gasteiger partial charge in [0, 0.05) is 0 Å². The Kier molecular flexibility index (Phi) is 4.45. The van der Waals surface area contributed by atoms with Crippen LogP contribution in [0.4, 0.5) is 23.0 Å². The van der Waals surface area contributed by atoms with Crippen molar-refractivity contribution < 1.29 is 5.11 Å². The number of aromatic nitrogens is 1. The van der Waals surface area contributed by atoms with Gasteiger partial charge < -0.3 is 16.6 Å². The van der Waals surface area contributed by atoms with E-state index in [0.717, 1.165) is 0 Å². The third kappa shape index (κ3) is 3.08. The first-order chi connectivity index (χ1) is 8.16. The Bertz CT molecular complexity index is 573. The van der Waals surface area contributed by atoms with E-state index < -0.39 is 0 Å². The van der Waals surface area contributed by atoms with Crippen LogP contribution in [0.25, 0.3) is 0 Å². The minimum Gasteiger partial charge on any atom is -0.506 e. The Morgan fingerprint density at radius 1 is 0.944 bits per heavy atom. The molecule has 0 bridgehead atoms. The lowest BCUT2D eigenvalue weighted by Gasteiger charge is -1.99. The second-order valence-corrected chi connectivity index (χ2v) is 3.33. The highest BCUT2D eigenvalue weighted by Gasteiger charge is 2.00. The largest absolute Gasteiger partial charge is 0.506 e. The molecule has 0 aliphatic carbocycles. The van der Waals surface area contributed by atoms with E-state index in [1.807, 2.05) is 0 Å². The molecule has 2 rings (SSSR count). The highest BCUT2D eigenvalue weighted by Crippen LogP contribution is 2.28. The monoisotopic (exact) mass is 265 g/mol. The summed E-state index contributed by atoms with van der Waals surface area (Å²) in [6, 6.07) is 9.81. The molecule has 0 fully saturated rings. The van der Waals surface area contributed by atoms with E-state index in [4.69, 9.17) is 11.5 Å². The van der Waals surface area contributed by atoms with Crippen molar-refractivity contribution in [1.82, 2.24) is 4.98 Å². The molecule has 0 aliphatic rings. The predicted molar refractivity (Wildman–Crippen MR) is 72.6 cm³/mol. The quantitative estimate of drug-likeness (QED) is 0.725. The van der Waals surface area contributed by atoms with Crippen molar-refractivity contribution in [3.63, 3.8) is 0 Å². The number of halogens is 1. The van der Waals surface area contributed by atoms with Crippen LogP contribution in [-0.4, -0.2) is 10.1 Å². The number of phenols is 1. The Balaban J connectivity index is 0.00000162. The fourth-order valence-electron chi connectivity index (χ4n) is 1.22. The Morgan fingerprint density at radius 2 is 1.61 bits per heavy atom. The molecule has 0 saturated heterocycles. The van der Waals surface area contributed by atoms with Crippen LogP contribution in [0.3, 0.4) is 0 Å². The fourth-order valence-corrected chi connectivity index (χ4v) is 1.22. The Hall–Kier alpha value is -2.34. The zero-order valence-corrected chi connectivity index (χ0v) is 10.1. The number of benzene rings is 1. The van der Waals surface area contributed by atoms with Crippen LogP contribution in [0.1, 0.15) is 0 Å². The highest BCUT2D eigenvalue weighted by molar-refractivity contribution is 5.85. The van der Waals surface area contributed by atoms with E-state index in [2.05, 4.69) is 15.2 Å². The van der Waals surface area contributed by atoms with Gasteiger partial charge in [0.2, 0.25) is 0 Å². The van der Waals surface area contributed by atoms with Crippen LogP contribution in [0.2, 0.25) is 0 Å². The summed E-state index contributed by atoms with van der Waals surface area (Å²) >= 11 is 0. The molecule has 7 heteroatoms. The summed E-state index contributed by atoms with van der Waals surface area (Å²) in [4.78, 5) is 3.85. The number of rotatable bonds is 2. The smallest absolute Gasteiger partial charge is 0.153 e. The van der Waals surface area contributed by atoms with Crippen molar-refractivity contribution in [3.05, 3.63) is 36.4 Å². The van der Waals surface area contributed by atoms with Crippen LogP contribution in [0.15, 0.2) is 46.6 Å². The van der Waals surface area contributed by atoms with Crippen molar-refractivity contribution in [2.24, 2.45) is 10.2 Å². The molecule has 0 spiro atoms. The van der Waals surface area contributed by atoms with Gasteiger partial charge in [-0.05, 0) is 24.3 Å². The average molecular weight is 266 g/mol. The molecular weight excluding hydrogens is 254 g/mol. The van der Waals surface area contributed by atoms with E-state index in [1.165, 1.54) is 6.07 Å². The topological polar surface area (TPSA) is 110 Å². The van der Waals surface area contributed by atoms with Crippen LogP contribution in [-0.2, 0) is 0 Å². The van der Waals surface area contributed by atoms with Crippen LogP contribution in [0.5, 0.6) is 5.75 Å². The van der Waals surface area contributed by atoms with Gasteiger partial charge in [-0.25, -0.2) is 4.98 Å². The first-order valence-electron chi connectivity index (χ1n) is 4.88. The van der Waals surface area contributed by atoms with Crippen molar-refractivity contribution in [1.29, 1.82) is 0 Å². The lowest BCUT2D eigenvalue weighted by Crippen LogP contribution is -1.95. The van der Waals surface area contributed by atoms with E-state index in [9.17, 15) is 5.11 Å². The van der Waals surface area contributed by atoms with Gasteiger partial charge in [-0.15, -0.1) is 22.6 Å². The summed E-state index contributed by atoms with van der Waals surface area (Å²) in [6.07, 6.45) is 0. The van der Waals surface area contributed by atoms with Gasteiger partial charge in [-0.1, -0.05) is 12.1 Å². The van der Waals surface area contributed by atoms with Crippen molar-refractivity contribution in [3.8, 4) is 5.75 Å². The molecule has 0 aliphatic heterocycles. The molecule has 0 radical (unpaired) electrons. The van der Waals surface area contributed by atoms with Crippen molar-refractivity contribution in [2.75, 3.05) is 11.5 Å². The van der Waals surface area contributed by atoms with E-state index >= 15 is 0 Å². The van der Waals surface area contributed by atoms with Gasteiger partial charge in [0.05, 0.1) is 0 Å². The molecule has 1 aromatic carbocycles.